The Bertz CT molecular complexity index is 1320. The number of hydrogen-bond acceptors (Lipinski definition) is 5. The van der Waals surface area contributed by atoms with Crippen molar-refractivity contribution in [1.82, 2.24) is 10.2 Å². The first-order chi connectivity index (χ1) is 15.4. The lowest BCUT2D eigenvalue weighted by Crippen LogP contribution is -2.15. The summed E-state index contributed by atoms with van der Waals surface area (Å²) in [6.45, 7) is 0. The maximum atomic E-state index is 6.09. The molecular formula is C26H17N3O2. The van der Waals surface area contributed by atoms with Gasteiger partial charge in [-0.1, -0.05) is 42.5 Å². The van der Waals surface area contributed by atoms with E-state index >= 15 is 0 Å². The molecule has 0 unspecified atom stereocenters. The predicted octanol–water partition coefficient (Wildman–Crippen LogP) is 6.98. The Labute approximate surface area is 179 Å². The molecule has 0 bridgehead atoms. The van der Waals surface area contributed by atoms with Gasteiger partial charge in [0.1, 0.15) is 0 Å². The zero-order valence-corrected chi connectivity index (χ0v) is 16.5. The molecule has 2 heterocycles. The normalized spacial score (nSPS) is 12.1. The van der Waals surface area contributed by atoms with Crippen LogP contribution < -0.4 is 9.64 Å². The number of nitrogens with zero attached hydrogens (tertiary/aromatic N) is 3. The van der Waals surface area contributed by atoms with Crippen molar-refractivity contribution in [2.24, 2.45) is 0 Å². The molecule has 5 heteroatoms. The van der Waals surface area contributed by atoms with E-state index in [9.17, 15) is 0 Å². The fourth-order valence-corrected chi connectivity index (χ4v) is 3.77. The summed E-state index contributed by atoms with van der Waals surface area (Å²) in [4.78, 5) is 2.20. The van der Waals surface area contributed by atoms with Crippen LogP contribution in [0.4, 0.5) is 17.1 Å². The van der Waals surface area contributed by atoms with Crippen LogP contribution in [-0.2, 0) is 0 Å². The van der Waals surface area contributed by atoms with Crippen LogP contribution >= 0.6 is 0 Å². The van der Waals surface area contributed by atoms with Crippen molar-refractivity contribution in [3.63, 3.8) is 0 Å². The number of hydrogen-bond donors (Lipinski definition) is 0. The lowest BCUT2D eigenvalue weighted by molar-refractivity contribution is 0.477. The first-order valence-electron chi connectivity index (χ1n) is 10.0. The van der Waals surface area contributed by atoms with Gasteiger partial charge in [0.2, 0.25) is 11.8 Å². The molecule has 0 radical (unpaired) electrons. The van der Waals surface area contributed by atoms with E-state index in [1.54, 1.807) is 0 Å². The Balaban J connectivity index is 1.37. The average molecular weight is 403 g/mol. The van der Waals surface area contributed by atoms with Crippen LogP contribution in [0.2, 0.25) is 0 Å². The van der Waals surface area contributed by atoms with Gasteiger partial charge in [0.05, 0.1) is 11.4 Å². The highest BCUT2D eigenvalue weighted by Gasteiger charge is 2.25. The first kappa shape index (κ1) is 17.5. The van der Waals surface area contributed by atoms with E-state index in [0.29, 0.717) is 11.8 Å². The third-order valence-electron chi connectivity index (χ3n) is 5.25. The quantitative estimate of drug-likeness (QED) is 0.319. The summed E-state index contributed by atoms with van der Waals surface area (Å²) in [5.41, 5.74) is 4.79. The minimum absolute atomic E-state index is 0.494. The average Bonchev–Trinajstić information content (AvgIpc) is 3.34. The van der Waals surface area contributed by atoms with E-state index in [1.165, 1.54) is 0 Å². The molecule has 0 N–H and O–H groups in total. The maximum absolute atomic E-state index is 6.09. The minimum atomic E-state index is 0.494. The summed E-state index contributed by atoms with van der Waals surface area (Å²) in [6, 6.07) is 33.9. The Hall–Kier alpha value is -4.38. The zero-order valence-electron chi connectivity index (χ0n) is 16.5. The van der Waals surface area contributed by atoms with Gasteiger partial charge in [-0.2, -0.15) is 0 Å². The molecule has 0 saturated carbocycles. The standard InChI is InChI=1S/C26H17N3O2/c1-2-8-18(9-3-1)25-27-28-26(31-25)19-14-16-20(17-15-19)29-21-10-4-6-12-23(21)30-24-13-7-5-11-22(24)29/h1-17H. The Kier molecular flexibility index (Phi) is 4.03. The first-order valence-corrected chi connectivity index (χ1v) is 10.0. The molecule has 31 heavy (non-hydrogen) atoms. The van der Waals surface area contributed by atoms with Crippen molar-refractivity contribution in [2.75, 3.05) is 4.90 Å². The minimum Gasteiger partial charge on any atom is -0.453 e. The molecule has 0 saturated heterocycles. The number of rotatable bonds is 3. The molecule has 0 fully saturated rings. The zero-order chi connectivity index (χ0) is 20.6. The third-order valence-corrected chi connectivity index (χ3v) is 5.25. The van der Waals surface area contributed by atoms with E-state index in [0.717, 1.165) is 39.7 Å². The second-order valence-corrected chi connectivity index (χ2v) is 7.20. The predicted molar refractivity (Wildman–Crippen MR) is 120 cm³/mol. The van der Waals surface area contributed by atoms with Crippen LogP contribution in [0, 0.1) is 0 Å². The molecule has 148 valence electrons. The number of benzene rings is 4. The number of fused-ring (bicyclic) bond motifs is 2. The number of aromatic nitrogens is 2. The fourth-order valence-electron chi connectivity index (χ4n) is 3.77. The Morgan fingerprint density at radius 1 is 0.516 bits per heavy atom. The Morgan fingerprint density at radius 2 is 1.03 bits per heavy atom. The molecule has 1 aromatic heterocycles. The summed E-state index contributed by atoms with van der Waals surface area (Å²) in [5.74, 6) is 2.66. The lowest BCUT2D eigenvalue weighted by Gasteiger charge is -2.32. The summed E-state index contributed by atoms with van der Waals surface area (Å²) in [6.07, 6.45) is 0. The van der Waals surface area contributed by atoms with Gasteiger partial charge >= 0.3 is 0 Å². The van der Waals surface area contributed by atoms with Crippen molar-refractivity contribution in [3.05, 3.63) is 103 Å². The van der Waals surface area contributed by atoms with E-state index in [2.05, 4.69) is 39.4 Å². The molecule has 1 aliphatic rings. The molecule has 5 aromatic rings. The molecule has 0 amide bonds. The molecule has 1 aliphatic heterocycles. The van der Waals surface area contributed by atoms with Gasteiger partial charge in [-0.05, 0) is 60.7 Å². The second-order valence-electron chi connectivity index (χ2n) is 7.20. The third kappa shape index (κ3) is 3.04. The number of ether oxygens (including phenoxy) is 1. The summed E-state index contributed by atoms with van der Waals surface area (Å²) < 4.78 is 12.0. The largest absolute Gasteiger partial charge is 0.453 e. The van der Waals surface area contributed by atoms with Crippen LogP contribution in [-0.4, -0.2) is 10.2 Å². The highest BCUT2D eigenvalue weighted by atomic mass is 16.5. The van der Waals surface area contributed by atoms with Gasteiger partial charge in [0.15, 0.2) is 11.5 Å². The van der Waals surface area contributed by atoms with Gasteiger partial charge in [-0.3, -0.25) is 0 Å². The van der Waals surface area contributed by atoms with Gasteiger partial charge in [-0.25, -0.2) is 0 Å². The molecule has 0 aliphatic carbocycles. The van der Waals surface area contributed by atoms with Crippen molar-refractivity contribution < 1.29 is 9.15 Å². The van der Waals surface area contributed by atoms with Gasteiger partial charge in [-0.15, -0.1) is 10.2 Å². The van der Waals surface area contributed by atoms with E-state index in [4.69, 9.17) is 9.15 Å². The molecule has 0 spiro atoms. The fraction of sp³-hybridized carbons (Fsp3) is 0. The van der Waals surface area contributed by atoms with Crippen molar-refractivity contribution >= 4 is 17.1 Å². The maximum Gasteiger partial charge on any atom is 0.248 e. The molecule has 4 aromatic carbocycles. The topological polar surface area (TPSA) is 51.4 Å². The summed E-state index contributed by atoms with van der Waals surface area (Å²) in [5, 5.41) is 8.42. The van der Waals surface area contributed by atoms with Gasteiger partial charge < -0.3 is 14.1 Å². The highest BCUT2D eigenvalue weighted by molar-refractivity contribution is 5.86. The van der Waals surface area contributed by atoms with E-state index in [-0.39, 0.29) is 0 Å². The molecular weight excluding hydrogens is 386 g/mol. The second kappa shape index (κ2) is 7.15. The van der Waals surface area contributed by atoms with Crippen molar-refractivity contribution in [1.29, 1.82) is 0 Å². The van der Waals surface area contributed by atoms with Crippen LogP contribution in [0.1, 0.15) is 0 Å². The summed E-state index contributed by atoms with van der Waals surface area (Å²) in [7, 11) is 0. The van der Waals surface area contributed by atoms with E-state index in [1.807, 2.05) is 78.9 Å². The SMILES string of the molecule is c1ccc(-c2nnc(-c3ccc(N4c5ccccc5Oc5ccccc54)cc3)o2)cc1. The highest BCUT2D eigenvalue weighted by Crippen LogP contribution is 2.50. The van der Waals surface area contributed by atoms with Crippen LogP contribution in [0.15, 0.2) is 108 Å². The van der Waals surface area contributed by atoms with Crippen LogP contribution in [0.25, 0.3) is 22.9 Å². The van der Waals surface area contributed by atoms with Crippen LogP contribution in [0.3, 0.4) is 0 Å². The molecule has 6 rings (SSSR count). The lowest BCUT2D eigenvalue weighted by atomic mass is 10.1. The summed E-state index contributed by atoms with van der Waals surface area (Å²) >= 11 is 0. The smallest absolute Gasteiger partial charge is 0.248 e. The van der Waals surface area contributed by atoms with Gasteiger partial charge in [0.25, 0.3) is 0 Å². The monoisotopic (exact) mass is 403 g/mol. The Morgan fingerprint density at radius 3 is 1.65 bits per heavy atom. The van der Waals surface area contributed by atoms with Crippen LogP contribution in [0.5, 0.6) is 11.5 Å². The number of anilines is 3. The van der Waals surface area contributed by atoms with Crippen molar-refractivity contribution in [3.8, 4) is 34.4 Å². The molecule has 0 atom stereocenters. The molecule has 5 nitrogen and oxygen atoms in total. The van der Waals surface area contributed by atoms with Crippen molar-refractivity contribution in [2.45, 2.75) is 0 Å². The van der Waals surface area contributed by atoms with Gasteiger partial charge in [0, 0.05) is 16.8 Å². The van der Waals surface area contributed by atoms with E-state index < -0.39 is 0 Å². The number of para-hydroxylation sites is 4.